The van der Waals surface area contributed by atoms with Crippen LogP contribution in [0.1, 0.15) is 20.8 Å². The molecule has 0 aliphatic heterocycles. The molecule has 0 radical (unpaired) electrons. The Kier molecular flexibility index (Phi) is 79.2. The molecular weight excluding hydrogens is 2400 g/mol. The van der Waals surface area contributed by atoms with Gasteiger partial charge >= 0.3 is 24.4 Å². The first kappa shape index (κ1) is 102. The van der Waals surface area contributed by atoms with Crippen LogP contribution in [0, 0.1) is 0 Å². The fourth-order valence-electron chi connectivity index (χ4n) is 4.10. The lowest BCUT2D eigenvalue weighted by atomic mass is 10.2. The highest BCUT2D eigenvalue weighted by molar-refractivity contribution is 8.83. The van der Waals surface area contributed by atoms with Crippen molar-refractivity contribution < 1.29 is 39.1 Å². The van der Waals surface area contributed by atoms with Gasteiger partial charge in [0.25, 0.3) is 0 Å². The Morgan fingerprint density at radius 1 is 0.354 bits per heavy atom. The van der Waals surface area contributed by atoms with E-state index in [0.29, 0.717) is 30.7 Å². The minimum Gasteiger partial charge on any atom is -0.376 e. The Hall–Kier alpha value is 9.66. The molecule has 2 aromatic heterocycles. The minimum absolute atomic E-state index is 0.409. The van der Waals surface area contributed by atoms with Crippen LogP contribution in [0.3, 0.4) is 0 Å². The summed E-state index contributed by atoms with van der Waals surface area (Å²) in [7, 11) is 91.9. The molecule has 0 amide bonds. The van der Waals surface area contributed by atoms with Gasteiger partial charge in [-0.1, -0.05) is 18.2 Å². The van der Waals surface area contributed by atoms with E-state index in [1.807, 2.05) is 418 Å². The summed E-state index contributed by atoms with van der Waals surface area (Å²) in [6.45, 7) is 7.58. The van der Waals surface area contributed by atoms with E-state index in [1.54, 1.807) is 125 Å². The van der Waals surface area contributed by atoms with Crippen molar-refractivity contribution >= 4 is 566 Å². The summed E-state index contributed by atoms with van der Waals surface area (Å²) < 4.78 is 79.7. The van der Waals surface area contributed by atoms with Crippen molar-refractivity contribution in [3.63, 3.8) is 0 Å². The summed E-state index contributed by atoms with van der Waals surface area (Å²) >= 11 is 9.63. The van der Waals surface area contributed by atoms with Gasteiger partial charge in [-0.2, -0.15) is 21.6 Å². The SMILES string of the molecule is CCO[Si](OCC)(OCC)c1ccc2ncccc2c1.O=S(=O)(Oc1ccc2ncccc2c1)C(F)(F)F.S=S=S=S=S=S=S=S=S=S=S=S=S=S=S=S=S=S=S=S=S=S=S=S=S=S=S=S=S=S=S=S=S=S=S=S=S=S=S=S=S=S=S=S=S=S=S=S=S=S=S=S=S=S=S=S=S=S. The van der Waals surface area contributed by atoms with Crippen LogP contribution in [0.25, 0.3) is 21.8 Å². The lowest BCUT2D eigenvalue weighted by Gasteiger charge is -2.28. The number of hydrogen-bond donors (Lipinski definition) is 0. The van der Waals surface area contributed by atoms with Crippen molar-refractivity contribution in [3.05, 3.63) is 73.1 Å². The maximum Gasteiger partial charge on any atom is 0.537 e. The van der Waals surface area contributed by atoms with Gasteiger partial charge in [0.1, 0.15) is 5.75 Å². The molecule has 4 rings (SSSR count). The van der Waals surface area contributed by atoms with E-state index in [2.05, 4.69) is 20.2 Å². The summed E-state index contributed by atoms with van der Waals surface area (Å²) in [5, 5.41) is 2.54. The molecule has 0 bridgehead atoms. The molecule has 2 aromatic carbocycles. The van der Waals surface area contributed by atoms with Crippen LogP contribution in [-0.2, 0) is 543 Å². The number of hydrogen-bond acceptors (Lipinski definition) is 10. The largest absolute Gasteiger partial charge is 0.537 e. The van der Waals surface area contributed by atoms with E-state index in [-0.39, 0.29) is 0 Å². The van der Waals surface area contributed by atoms with Gasteiger partial charge in [0.2, 0.25) is 0 Å². The van der Waals surface area contributed by atoms with Crippen LogP contribution >= 0.6 is 0 Å². The first-order valence-electron chi connectivity index (χ1n) is 21.2. The number of halogens is 3. The number of pyridine rings is 2. The zero-order valence-electron chi connectivity index (χ0n) is 44.6. The van der Waals surface area contributed by atoms with Gasteiger partial charge in [-0.15, -0.1) is 0 Å². The minimum atomic E-state index is -5.64. The number of benzene rings is 2. The zero-order valence-corrected chi connectivity index (χ0v) is 93.8. The van der Waals surface area contributed by atoms with Crippen molar-refractivity contribution in [2.75, 3.05) is 19.8 Å². The average Bonchev–Trinajstić information content (AvgIpc) is 0.813. The van der Waals surface area contributed by atoms with Crippen molar-refractivity contribution in [1.29, 1.82) is 0 Å². The average molecular weight is 2430 g/mol. The summed E-state index contributed by atoms with van der Waals surface area (Å²) in [6.07, 6.45) is 3.30. The third-order valence-corrected chi connectivity index (χ3v) is 133. The summed E-state index contributed by atoms with van der Waals surface area (Å²) in [4.78, 5) is 8.28. The first-order chi connectivity index (χ1) is 47.0. The van der Waals surface area contributed by atoms with Crippen LogP contribution in [0.5, 0.6) is 5.75 Å². The molecule has 0 saturated heterocycles. The van der Waals surface area contributed by atoms with E-state index in [9.17, 15) is 21.6 Å². The molecule has 96 heavy (non-hydrogen) atoms. The number of rotatable bonds is 9. The Labute approximate surface area is 722 Å². The molecule has 552 valence electrons. The zero-order chi connectivity index (χ0) is 69.4. The topological polar surface area (TPSA) is 96.8 Å². The molecule has 2 heterocycles. The predicted octanol–water partition coefficient (Wildman–Crippen LogP) is 4.81. The van der Waals surface area contributed by atoms with E-state index < -0.39 is 30.2 Å². The van der Waals surface area contributed by atoms with E-state index in [1.165, 1.54) is 36.1 Å². The third-order valence-electron chi connectivity index (χ3n) is 6.55. The van der Waals surface area contributed by atoms with E-state index in [0.717, 1.165) is 22.2 Å². The maximum absolute atomic E-state index is 12.1. The van der Waals surface area contributed by atoms with Gasteiger partial charge in [0.05, 0.1) is 11.0 Å². The second-order valence-corrected chi connectivity index (χ2v) is 115. The van der Waals surface area contributed by atoms with Crippen LogP contribution in [0.2, 0.25) is 0 Å². The molecule has 0 saturated carbocycles. The fourth-order valence-corrected chi connectivity index (χ4v) is 155. The smallest absolute Gasteiger partial charge is 0.376 e. The van der Waals surface area contributed by atoms with Gasteiger partial charge in [-0.25, -0.2) is 0 Å². The Balaban J connectivity index is 0.000000653. The van der Waals surface area contributed by atoms with Gasteiger partial charge in [0.15, 0.2) is 0 Å². The van der Waals surface area contributed by atoms with Crippen LogP contribution in [0.4, 0.5) is 13.2 Å². The molecule has 0 fully saturated rings. The molecule has 0 N–H and O–H groups in total. The third kappa shape index (κ3) is 58.5. The Bertz CT molecular complexity index is 6060. The lowest BCUT2D eigenvalue weighted by molar-refractivity contribution is -0.0500. The molecule has 0 atom stereocenters. The fraction of sp³-hybridized carbons (Fsp3) is 0.280. The van der Waals surface area contributed by atoms with Crippen LogP contribution in [0.15, 0.2) is 73.1 Å². The van der Waals surface area contributed by atoms with Crippen molar-refractivity contribution in [2.24, 2.45) is 0 Å². The second kappa shape index (κ2) is 74.7. The normalized spacial score (nSPS) is 9.56. The van der Waals surface area contributed by atoms with Crippen LogP contribution < -0.4 is 9.37 Å². The predicted molar refractivity (Wildman–Crippen MR) is 567 cm³/mol. The number of nitrogens with zero attached hydrogens (tertiary/aromatic N) is 2. The highest BCUT2D eigenvalue weighted by atomic mass is 33.5. The monoisotopic (exact) mass is 2420 g/mol. The van der Waals surface area contributed by atoms with E-state index in [4.69, 9.17) is 35.7 Å². The Morgan fingerprint density at radius 3 is 0.812 bits per heavy atom. The number of alkyl halides is 3. The van der Waals surface area contributed by atoms with Crippen LogP contribution in [-0.4, -0.2) is 52.5 Å². The lowest BCUT2D eigenvalue weighted by Crippen LogP contribution is -2.56. The van der Waals surface area contributed by atoms with Gasteiger partial charge < -0.3 is 17.5 Å². The van der Waals surface area contributed by atoms with Gasteiger partial charge in [-0.3, -0.25) is 9.97 Å². The highest BCUT2D eigenvalue weighted by Crippen LogP contribution is 2.28. The second-order valence-electron chi connectivity index (χ2n) is 11.4. The molecular formula is C25H27F3N2O6S59Si. The number of aromatic nitrogens is 2. The van der Waals surface area contributed by atoms with E-state index >= 15 is 0 Å². The summed E-state index contributed by atoms with van der Waals surface area (Å²) in [5.74, 6) is -0.409. The molecule has 4 aromatic rings. The molecule has 0 unspecified atom stereocenters. The van der Waals surface area contributed by atoms with Gasteiger partial charge in [-0.05, 0) is 63.2 Å². The standard InChI is InChI=1S/C15H21NO3Si.C10H6F3NO3S.S58/c1-4-17-20(18-5-2,19-6-3)14-9-10-15-13(12-14)8-7-11-16-15;11-10(12,13)18(15,16)17-8-3-4-9-7(6-8)2-1-5-14-9;1-3-5-7-9-11-13-15-17-19-21-23-25-27-29-31-33-35-37-39-41-43-45-47-49-51-53-55-57-58-56-54-52-50-48-46-44-42-40-38-36-34-32-30-28-26-24-22-20-18-16-14-12-10-8-6-4-2/h7-12H,4-6H2,1-3H3;1-6H;. The molecule has 0 aliphatic rings. The van der Waals surface area contributed by atoms with Crippen molar-refractivity contribution in [1.82, 2.24) is 9.97 Å². The molecule has 0 aliphatic carbocycles. The van der Waals surface area contributed by atoms with Crippen molar-refractivity contribution in [3.8, 4) is 5.75 Å². The maximum atomic E-state index is 12.1. The number of fused-ring (bicyclic) bond motifs is 2. The highest BCUT2D eigenvalue weighted by Gasteiger charge is 2.48. The van der Waals surface area contributed by atoms with Gasteiger partial charge in [0, 0.05) is 568 Å². The molecule has 71 heteroatoms. The van der Waals surface area contributed by atoms with Crippen molar-refractivity contribution in [2.45, 2.75) is 26.3 Å². The summed E-state index contributed by atoms with van der Waals surface area (Å²) in [5.41, 5.74) is -3.96. The molecule has 8 nitrogen and oxygen atoms in total. The Morgan fingerprint density at radius 2 is 0.583 bits per heavy atom. The summed E-state index contributed by atoms with van der Waals surface area (Å²) in [6, 6.07) is 16.8. The molecule has 0 spiro atoms. The quantitative estimate of drug-likeness (QED) is 0.132. The first-order valence-corrected chi connectivity index (χ1v) is 100.